The first kappa shape index (κ1) is 18.8. The van der Waals surface area contributed by atoms with Crippen molar-refractivity contribution in [2.75, 3.05) is 24.5 Å². The quantitative estimate of drug-likeness (QED) is 0.766. The maximum atomic E-state index is 12.2. The molecule has 0 bridgehead atoms. The average molecular weight is 372 g/mol. The van der Waals surface area contributed by atoms with Crippen molar-refractivity contribution in [2.45, 2.75) is 26.8 Å². The molecule has 0 spiro atoms. The Morgan fingerprint density at radius 1 is 1.30 bits per heavy atom. The molecule has 1 aliphatic rings. The molecule has 2 aromatic rings. The van der Waals surface area contributed by atoms with Gasteiger partial charge in [-0.2, -0.15) is 10.1 Å². The van der Waals surface area contributed by atoms with Gasteiger partial charge in [-0.25, -0.2) is 9.48 Å². The van der Waals surface area contributed by atoms with Gasteiger partial charge >= 0.3 is 5.69 Å². The Morgan fingerprint density at radius 3 is 2.78 bits per heavy atom. The smallest absolute Gasteiger partial charge is 0.348 e. The number of hydrogen-bond acceptors (Lipinski definition) is 6. The van der Waals surface area contributed by atoms with Gasteiger partial charge in [-0.1, -0.05) is 0 Å². The van der Waals surface area contributed by atoms with Crippen LogP contribution in [0, 0.1) is 19.8 Å². The van der Waals surface area contributed by atoms with Crippen molar-refractivity contribution in [1.82, 2.24) is 24.6 Å². The molecule has 0 aromatic carbocycles. The summed E-state index contributed by atoms with van der Waals surface area (Å²) >= 11 is 0. The molecule has 1 N–H and O–H groups in total. The standard InChI is InChI=1S/C18H24N6O3/c1-12-6-13(2)24(18(27)21-12)11-16(25)19-8-14-4-5-23(10-14)15-7-17(26)22(3)20-9-15/h6-7,9,14H,4-5,8,10-11H2,1-3H3,(H,19,25). The lowest BCUT2D eigenvalue weighted by Gasteiger charge is -2.18. The fourth-order valence-electron chi connectivity index (χ4n) is 3.29. The molecule has 144 valence electrons. The zero-order chi connectivity index (χ0) is 19.6. The van der Waals surface area contributed by atoms with Crippen LogP contribution in [-0.4, -0.2) is 44.9 Å². The minimum absolute atomic E-state index is 0.0347. The summed E-state index contributed by atoms with van der Waals surface area (Å²) in [6.45, 7) is 5.60. The van der Waals surface area contributed by atoms with Crippen molar-refractivity contribution in [1.29, 1.82) is 0 Å². The predicted octanol–water partition coefficient (Wildman–Crippen LogP) is -0.403. The van der Waals surface area contributed by atoms with Gasteiger partial charge in [-0.3, -0.25) is 14.2 Å². The third-order valence-corrected chi connectivity index (χ3v) is 4.84. The summed E-state index contributed by atoms with van der Waals surface area (Å²) in [7, 11) is 1.62. The molecular weight excluding hydrogens is 348 g/mol. The highest BCUT2D eigenvalue weighted by atomic mass is 16.2. The van der Waals surface area contributed by atoms with Crippen LogP contribution in [0.4, 0.5) is 5.69 Å². The van der Waals surface area contributed by atoms with E-state index in [0.29, 0.717) is 17.9 Å². The molecular formula is C18H24N6O3. The van der Waals surface area contributed by atoms with E-state index < -0.39 is 5.69 Å². The molecule has 0 saturated carbocycles. The van der Waals surface area contributed by atoms with Gasteiger partial charge in [-0.15, -0.1) is 0 Å². The molecule has 1 fully saturated rings. The maximum Gasteiger partial charge on any atom is 0.348 e. The van der Waals surface area contributed by atoms with Crippen LogP contribution in [0.5, 0.6) is 0 Å². The Labute approximate surface area is 156 Å². The Bertz CT molecular complexity index is 964. The van der Waals surface area contributed by atoms with Crippen LogP contribution in [0.15, 0.2) is 27.9 Å². The molecule has 9 heteroatoms. The summed E-state index contributed by atoms with van der Waals surface area (Å²) < 4.78 is 2.66. The Hall–Kier alpha value is -2.97. The number of aromatic nitrogens is 4. The summed E-state index contributed by atoms with van der Waals surface area (Å²) in [5.74, 6) is 0.0755. The number of carbonyl (C=O) groups is 1. The first-order valence-electron chi connectivity index (χ1n) is 8.93. The highest BCUT2D eigenvalue weighted by molar-refractivity contribution is 5.75. The van der Waals surface area contributed by atoms with Gasteiger partial charge < -0.3 is 10.2 Å². The minimum Gasteiger partial charge on any atom is -0.370 e. The summed E-state index contributed by atoms with van der Waals surface area (Å²) in [5.41, 5.74) is 1.61. The summed E-state index contributed by atoms with van der Waals surface area (Å²) in [6, 6.07) is 3.36. The van der Waals surface area contributed by atoms with E-state index in [4.69, 9.17) is 0 Å². The van der Waals surface area contributed by atoms with E-state index in [1.807, 2.05) is 0 Å². The maximum absolute atomic E-state index is 12.2. The molecule has 1 amide bonds. The van der Waals surface area contributed by atoms with Gasteiger partial charge in [0, 0.05) is 44.1 Å². The van der Waals surface area contributed by atoms with E-state index in [0.717, 1.165) is 25.2 Å². The van der Waals surface area contributed by atoms with Crippen LogP contribution in [0.25, 0.3) is 0 Å². The second-order valence-corrected chi connectivity index (χ2v) is 6.99. The van der Waals surface area contributed by atoms with Crippen LogP contribution < -0.4 is 21.5 Å². The van der Waals surface area contributed by atoms with Crippen molar-refractivity contribution in [3.05, 3.63) is 50.6 Å². The number of amides is 1. The third kappa shape index (κ3) is 4.42. The highest BCUT2D eigenvalue weighted by Crippen LogP contribution is 2.21. The minimum atomic E-state index is -0.409. The van der Waals surface area contributed by atoms with Crippen LogP contribution >= 0.6 is 0 Å². The molecule has 1 atom stereocenters. The monoisotopic (exact) mass is 372 g/mol. The number of nitrogens with one attached hydrogen (secondary N) is 1. The second kappa shape index (κ2) is 7.73. The molecule has 0 radical (unpaired) electrons. The predicted molar refractivity (Wildman–Crippen MR) is 101 cm³/mol. The number of carbonyl (C=O) groups excluding carboxylic acids is 1. The fourth-order valence-corrected chi connectivity index (χ4v) is 3.29. The van der Waals surface area contributed by atoms with E-state index in [2.05, 4.69) is 20.3 Å². The molecule has 9 nitrogen and oxygen atoms in total. The average Bonchev–Trinajstić information content (AvgIpc) is 3.07. The van der Waals surface area contributed by atoms with Crippen LogP contribution in [0.2, 0.25) is 0 Å². The molecule has 1 saturated heterocycles. The number of nitrogens with zero attached hydrogens (tertiary/aromatic N) is 5. The number of rotatable bonds is 5. The molecule has 3 heterocycles. The molecule has 3 rings (SSSR count). The fraction of sp³-hybridized carbons (Fsp3) is 0.500. The van der Waals surface area contributed by atoms with Crippen LogP contribution in [0.3, 0.4) is 0 Å². The highest BCUT2D eigenvalue weighted by Gasteiger charge is 2.24. The zero-order valence-corrected chi connectivity index (χ0v) is 15.8. The van der Waals surface area contributed by atoms with E-state index in [-0.39, 0.29) is 23.9 Å². The van der Waals surface area contributed by atoms with Gasteiger partial charge in [0.05, 0.1) is 11.9 Å². The van der Waals surface area contributed by atoms with Gasteiger partial charge in [0.25, 0.3) is 5.56 Å². The molecule has 1 aliphatic heterocycles. The van der Waals surface area contributed by atoms with E-state index in [1.54, 1.807) is 39.2 Å². The van der Waals surface area contributed by atoms with E-state index in [1.165, 1.54) is 9.25 Å². The summed E-state index contributed by atoms with van der Waals surface area (Å²) in [5, 5.41) is 6.95. The number of hydrogen-bond donors (Lipinski definition) is 1. The van der Waals surface area contributed by atoms with Crippen molar-refractivity contribution in [3.63, 3.8) is 0 Å². The summed E-state index contributed by atoms with van der Waals surface area (Å²) in [6.07, 6.45) is 2.60. The van der Waals surface area contributed by atoms with Gasteiger partial charge in [-0.05, 0) is 32.3 Å². The molecule has 0 aliphatic carbocycles. The van der Waals surface area contributed by atoms with Gasteiger partial charge in [0.1, 0.15) is 6.54 Å². The SMILES string of the molecule is Cc1cc(C)n(CC(=O)NCC2CCN(c3cnn(C)c(=O)c3)C2)c(=O)n1. The van der Waals surface area contributed by atoms with Gasteiger partial charge in [0.2, 0.25) is 5.91 Å². The lowest BCUT2D eigenvalue weighted by molar-refractivity contribution is -0.121. The topological polar surface area (TPSA) is 102 Å². The van der Waals surface area contributed by atoms with Crippen molar-refractivity contribution in [2.24, 2.45) is 13.0 Å². The molecule has 2 aromatic heterocycles. The van der Waals surface area contributed by atoms with E-state index >= 15 is 0 Å². The largest absolute Gasteiger partial charge is 0.370 e. The Kier molecular flexibility index (Phi) is 5.38. The van der Waals surface area contributed by atoms with Crippen molar-refractivity contribution in [3.8, 4) is 0 Å². The van der Waals surface area contributed by atoms with E-state index in [9.17, 15) is 14.4 Å². The second-order valence-electron chi connectivity index (χ2n) is 6.99. The number of aryl methyl sites for hydroxylation is 3. The first-order chi connectivity index (χ1) is 12.8. The van der Waals surface area contributed by atoms with Crippen LogP contribution in [-0.2, 0) is 18.4 Å². The van der Waals surface area contributed by atoms with Crippen LogP contribution in [0.1, 0.15) is 17.8 Å². The van der Waals surface area contributed by atoms with Gasteiger partial charge in [0.15, 0.2) is 0 Å². The normalized spacial score (nSPS) is 16.6. The Balaban J connectivity index is 1.54. The van der Waals surface area contributed by atoms with Crippen molar-refractivity contribution < 1.29 is 4.79 Å². The third-order valence-electron chi connectivity index (χ3n) is 4.84. The Morgan fingerprint density at radius 2 is 2.07 bits per heavy atom. The lowest BCUT2D eigenvalue weighted by Crippen LogP contribution is -2.37. The zero-order valence-electron chi connectivity index (χ0n) is 15.8. The number of anilines is 1. The molecule has 27 heavy (non-hydrogen) atoms. The first-order valence-corrected chi connectivity index (χ1v) is 8.93. The van der Waals surface area contributed by atoms with Crippen molar-refractivity contribution >= 4 is 11.6 Å². The lowest BCUT2D eigenvalue weighted by atomic mass is 10.1. The molecule has 1 unspecified atom stereocenters. The summed E-state index contributed by atoms with van der Waals surface area (Å²) in [4.78, 5) is 41.9.